The van der Waals surface area contributed by atoms with Crippen molar-refractivity contribution in [3.63, 3.8) is 0 Å². The Hall–Kier alpha value is -4.41. The van der Waals surface area contributed by atoms with Crippen LogP contribution in [0.3, 0.4) is 0 Å². The van der Waals surface area contributed by atoms with Crippen LogP contribution in [0.1, 0.15) is 54.1 Å². The highest BCUT2D eigenvalue weighted by Gasteiger charge is 2.24. The Morgan fingerprint density at radius 3 is 1.69 bits per heavy atom. The van der Waals surface area contributed by atoms with Gasteiger partial charge in [-0.3, -0.25) is 24.4 Å². The minimum Gasteiger partial charge on any atom is -0.394 e. The number of aromatic nitrogens is 2. The van der Waals surface area contributed by atoms with Crippen molar-refractivity contribution in [3.8, 4) is 0 Å². The van der Waals surface area contributed by atoms with E-state index in [1.165, 1.54) is 0 Å². The predicted molar refractivity (Wildman–Crippen MR) is 142 cm³/mol. The molecule has 0 radical (unpaired) electrons. The lowest BCUT2D eigenvalue weighted by Gasteiger charge is -2.13. The second-order valence-corrected chi connectivity index (χ2v) is 7.94. The number of hydrogen-bond acceptors (Lipinski definition) is 9. The van der Waals surface area contributed by atoms with E-state index in [2.05, 4.69) is 9.97 Å². The Kier molecular flexibility index (Phi) is 11.8. The maximum Gasteiger partial charge on any atom is 0.193 e. The lowest BCUT2D eigenvalue weighted by molar-refractivity contribution is -0.0444. The molecule has 200 valence electrons. The Bertz CT molecular complexity index is 1340. The van der Waals surface area contributed by atoms with Crippen LogP contribution in [-0.4, -0.2) is 64.5 Å². The molecule has 5 rings (SSSR count). The molecule has 0 unspecified atom stereocenters. The number of ether oxygens (including phenoxy) is 2. The molecule has 39 heavy (non-hydrogen) atoms. The molecule has 0 saturated carbocycles. The van der Waals surface area contributed by atoms with Gasteiger partial charge in [0.15, 0.2) is 24.1 Å². The third-order valence-electron chi connectivity index (χ3n) is 5.40. The summed E-state index contributed by atoms with van der Waals surface area (Å²) in [6.45, 7) is 0.866. The maximum absolute atomic E-state index is 12.5. The van der Waals surface area contributed by atoms with Gasteiger partial charge in [-0.05, 0) is 24.3 Å². The summed E-state index contributed by atoms with van der Waals surface area (Å²) in [7, 11) is 0. The zero-order valence-electron chi connectivity index (χ0n) is 21.1. The van der Waals surface area contributed by atoms with E-state index in [0.717, 1.165) is 5.56 Å². The fourth-order valence-electron chi connectivity index (χ4n) is 3.57. The highest BCUT2D eigenvalue weighted by atomic mass is 16.7. The van der Waals surface area contributed by atoms with Crippen LogP contribution < -0.4 is 0 Å². The molecule has 0 bridgehead atoms. The highest BCUT2D eigenvalue weighted by Crippen LogP contribution is 2.27. The summed E-state index contributed by atoms with van der Waals surface area (Å²) < 4.78 is 11.0. The standard InChI is InChI=1S/C15H13NO3.C13H9NO2.C2H6O2/c17-14(11-5-7-16-8-6-11)12-3-1-2-4-13(12)15-18-9-10-19-15;15-9-11-3-1-2-4-12(11)13(16)10-5-7-14-8-6-10;3-1-2-4/h1-8,15H,9-10H2;1-9H;3-4H,1-2H2. The third kappa shape index (κ3) is 8.29. The average molecular weight is 529 g/mol. The second-order valence-electron chi connectivity index (χ2n) is 7.94. The van der Waals surface area contributed by atoms with Crippen molar-refractivity contribution in [2.75, 3.05) is 26.4 Å². The molecule has 3 heterocycles. The van der Waals surface area contributed by atoms with Gasteiger partial charge in [0.05, 0.1) is 26.4 Å². The number of benzene rings is 2. The minimum absolute atomic E-state index is 0.0444. The van der Waals surface area contributed by atoms with Crippen LogP contribution in [0.25, 0.3) is 0 Å². The number of aliphatic hydroxyl groups is 2. The van der Waals surface area contributed by atoms with Crippen molar-refractivity contribution < 1.29 is 34.1 Å². The first kappa shape index (κ1) is 29.2. The number of hydrogen-bond donors (Lipinski definition) is 2. The summed E-state index contributed by atoms with van der Waals surface area (Å²) in [6.07, 6.45) is 6.57. The molecule has 1 saturated heterocycles. The van der Waals surface area contributed by atoms with Crippen molar-refractivity contribution in [2.45, 2.75) is 6.29 Å². The van der Waals surface area contributed by atoms with Gasteiger partial charge in [-0.25, -0.2) is 0 Å². The van der Waals surface area contributed by atoms with Gasteiger partial charge in [0.2, 0.25) is 0 Å². The molecule has 0 aliphatic carbocycles. The van der Waals surface area contributed by atoms with Crippen LogP contribution in [0.5, 0.6) is 0 Å². The smallest absolute Gasteiger partial charge is 0.193 e. The number of carbonyl (C=O) groups excluding carboxylic acids is 3. The Labute approximate surface area is 225 Å². The summed E-state index contributed by atoms with van der Waals surface area (Å²) in [5, 5.41) is 15.2. The van der Waals surface area contributed by atoms with Crippen LogP contribution in [0.4, 0.5) is 0 Å². The van der Waals surface area contributed by atoms with Crippen LogP contribution >= 0.6 is 0 Å². The maximum atomic E-state index is 12.5. The van der Waals surface area contributed by atoms with Crippen molar-refractivity contribution in [1.29, 1.82) is 0 Å². The number of carbonyl (C=O) groups is 3. The number of pyridine rings is 2. The summed E-state index contributed by atoms with van der Waals surface area (Å²) in [4.78, 5) is 43.1. The van der Waals surface area contributed by atoms with Crippen LogP contribution in [0.15, 0.2) is 97.6 Å². The molecule has 4 aromatic rings. The van der Waals surface area contributed by atoms with E-state index < -0.39 is 6.29 Å². The molecular weight excluding hydrogens is 500 g/mol. The SMILES string of the molecule is O=C(c1ccncc1)c1ccccc1C1OCCO1.O=Cc1ccccc1C(=O)c1ccncc1.OCCO. The molecule has 1 aliphatic heterocycles. The van der Waals surface area contributed by atoms with Gasteiger partial charge >= 0.3 is 0 Å². The van der Waals surface area contributed by atoms with Gasteiger partial charge in [0.25, 0.3) is 0 Å². The highest BCUT2D eigenvalue weighted by molar-refractivity contribution is 6.12. The number of aldehydes is 1. The zero-order chi connectivity index (χ0) is 27.9. The molecule has 0 amide bonds. The lowest BCUT2D eigenvalue weighted by Crippen LogP contribution is -2.09. The van der Waals surface area contributed by atoms with E-state index in [9.17, 15) is 14.4 Å². The Morgan fingerprint density at radius 1 is 0.718 bits per heavy atom. The van der Waals surface area contributed by atoms with Crippen molar-refractivity contribution >= 4 is 17.9 Å². The van der Waals surface area contributed by atoms with Gasteiger partial charge in [-0.2, -0.15) is 0 Å². The van der Waals surface area contributed by atoms with E-state index in [1.807, 2.05) is 18.2 Å². The van der Waals surface area contributed by atoms with Crippen LogP contribution in [0.2, 0.25) is 0 Å². The molecule has 1 fully saturated rings. The molecule has 1 aliphatic rings. The van der Waals surface area contributed by atoms with Gasteiger partial charge in [0.1, 0.15) is 0 Å². The molecule has 2 aromatic carbocycles. The van der Waals surface area contributed by atoms with Gasteiger partial charge < -0.3 is 19.7 Å². The number of nitrogens with zero attached hydrogens (tertiary/aromatic N) is 2. The van der Waals surface area contributed by atoms with Crippen molar-refractivity contribution in [1.82, 2.24) is 9.97 Å². The summed E-state index contributed by atoms with van der Waals surface area (Å²) >= 11 is 0. The van der Waals surface area contributed by atoms with E-state index >= 15 is 0 Å². The van der Waals surface area contributed by atoms with Crippen molar-refractivity contribution in [2.24, 2.45) is 0 Å². The van der Waals surface area contributed by atoms with E-state index in [0.29, 0.717) is 47.3 Å². The summed E-state index contributed by atoms with van der Waals surface area (Å²) in [5.74, 6) is -0.206. The fraction of sp³-hybridized carbons (Fsp3) is 0.167. The average Bonchev–Trinajstić information content (AvgIpc) is 3.57. The zero-order valence-corrected chi connectivity index (χ0v) is 21.1. The van der Waals surface area contributed by atoms with Crippen molar-refractivity contribution in [3.05, 3.63) is 131 Å². The lowest BCUT2D eigenvalue weighted by atomic mass is 9.99. The van der Waals surface area contributed by atoms with Crippen LogP contribution in [0, 0.1) is 0 Å². The quantitative estimate of drug-likeness (QED) is 0.273. The fourth-order valence-corrected chi connectivity index (χ4v) is 3.57. The number of rotatable bonds is 7. The van der Waals surface area contributed by atoms with Gasteiger partial charge in [-0.1, -0.05) is 48.5 Å². The first-order valence-corrected chi connectivity index (χ1v) is 12.1. The van der Waals surface area contributed by atoms with E-state index in [4.69, 9.17) is 19.7 Å². The molecular formula is C30H28N2O7. The first-order chi connectivity index (χ1) is 19.1. The second kappa shape index (κ2) is 15.8. The minimum atomic E-state index is -0.443. The van der Waals surface area contributed by atoms with E-state index in [1.54, 1.807) is 79.4 Å². The third-order valence-corrected chi connectivity index (χ3v) is 5.40. The van der Waals surface area contributed by atoms with Crippen LogP contribution in [-0.2, 0) is 9.47 Å². The monoisotopic (exact) mass is 528 g/mol. The molecule has 9 heteroatoms. The Balaban J connectivity index is 0.000000192. The Morgan fingerprint density at radius 2 is 1.18 bits per heavy atom. The first-order valence-electron chi connectivity index (χ1n) is 12.1. The van der Waals surface area contributed by atoms with E-state index in [-0.39, 0.29) is 24.8 Å². The number of ketones is 2. The predicted octanol–water partition coefficient (Wildman–Crippen LogP) is 3.45. The molecule has 2 N–H and O–H groups in total. The largest absolute Gasteiger partial charge is 0.394 e. The summed E-state index contributed by atoms with van der Waals surface area (Å²) in [6, 6.07) is 20.8. The molecule has 2 aromatic heterocycles. The van der Waals surface area contributed by atoms with Gasteiger partial charge in [0, 0.05) is 58.2 Å². The number of aliphatic hydroxyl groups excluding tert-OH is 2. The van der Waals surface area contributed by atoms with Gasteiger partial charge in [-0.15, -0.1) is 0 Å². The molecule has 0 atom stereocenters. The topological polar surface area (TPSA) is 136 Å². The molecule has 0 spiro atoms. The molecule has 9 nitrogen and oxygen atoms in total. The summed E-state index contributed by atoms with van der Waals surface area (Å²) in [5.41, 5.74) is 3.36. The normalized spacial score (nSPS) is 12.4.